The summed E-state index contributed by atoms with van der Waals surface area (Å²) in [5, 5.41) is 0. The minimum atomic E-state index is -3.78. The number of carbonyl (C=O) groups is 2. The molecule has 0 radical (unpaired) electrons. The number of carbonyl (C=O) groups excluding carboxylic acids is 2. The van der Waals surface area contributed by atoms with Crippen molar-refractivity contribution in [1.29, 1.82) is 0 Å². The summed E-state index contributed by atoms with van der Waals surface area (Å²) in [5.74, 6) is -2.32. The van der Waals surface area contributed by atoms with E-state index in [-0.39, 0.29) is 0 Å². The molecule has 0 unspecified atom stereocenters. The number of hydrogen-bond donors (Lipinski definition) is 0. The molecule has 0 heterocycles. The van der Waals surface area contributed by atoms with Crippen molar-refractivity contribution in [3.63, 3.8) is 0 Å². The summed E-state index contributed by atoms with van der Waals surface area (Å²) >= 11 is 0. The lowest BCUT2D eigenvalue weighted by Crippen LogP contribution is -2.23. The van der Waals surface area contributed by atoms with Gasteiger partial charge in [0.15, 0.2) is 21.4 Å². The number of benzene rings is 2. The van der Waals surface area contributed by atoms with Gasteiger partial charge in [-0.05, 0) is 0 Å². The van der Waals surface area contributed by atoms with Crippen LogP contribution in [-0.2, 0) is 9.84 Å². The third-order valence-electron chi connectivity index (χ3n) is 2.89. The Kier molecular flexibility index (Phi) is 4.65. The molecule has 4 nitrogen and oxygen atoms in total. The highest BCUT2D eigenvalue weighted by molar-refractivity contribution is 7.92. The van der Waals surface area contributed by atoms with Crippen molar-refractivity contribution >= 4 is 21.4 Å². The Morgan fingerprint density at radius 2 is 1.00 bits per heavy atom. The van der Waals surface area contributed by atoms with Crippen LogP contribution in [0.5, 0.6) is 0 Å². The zero-order valence-corrected chi connectivity index (χ0v) is 12.0. The summed E-state index contributed by atoms with van der Waals surface area (Å²) < 4.78 is 23.9. The van der Waals surface area contributed by atoms with Gasteiger partial charge in [-0.15, -0.1) is 0 Å². The molecule has 108 valence electrons. The number of hydrogen-bond acceptors (Lipinski definition) is 4. The topological polar surface area (TPSA) is 68.3 Å². The van der Waals surface area contributed by atoms with Gasteiger partial charge in [0.05, 0.1) is 0 Å². The van der Waals surface area contributed by atoms with Crippen molar-refractivity contribution in [1.82, 2.24) is 0 Å². The van der Waals surface area contributed by atoms with Gasteiger partial charge in [-0.2, -0.15) is 0 Å². The van der Waals surface area contributed by atoms with Crippen LogP contribution in [0.25, 0.3) is 0 Å². The predicted octanol–water partition coefficient (Wildman–Crippen LogP) is 2.17. The molecule has 0 atom stereocenters. The molecular formula is C16H14O4S. The van der Waals surface area contributed by atoms with Gasteiger partial charge in [0, 0.05) is 11.1 Å². The summed E-state index contributed by atoms with van der Waals surface area (Å²) in [7, 11) is -3.78. The maximum atomic E-state index is 12.0. The maximum absolute atomic E-state index is 12.0. The summed E-state index contributed by atoms with van der Waals surface area (Å²) in [4.78, 5) is 23.8. The summed E-state index contributed by atoms with van der Waals surface area (Å²) in [6.07, 6.45) is 0. The molecule has 0 aliphatic carbocycles. The first kappa shape index (κ1) is 15.1. The van der Waals surface area contributed by atoms with E-state index in [0.717, 1.165) is 0 Å². The lowest BCUT2D eigenvalue weighted by atomic mass is 10.1. The van der Waals surface area contributed by atoms with E-state index in [1.807, 2.05) is 0 Å². The highest BCUT2D eigenvalue weighted by Gasteiger charge is 2.22. The van der Waals surface area contributed by atoms with Gasteiger partial charge in [0.1, 0.15) is 11.5 Å². The Morgan fingerprint density at radius 1 is 0.667 bits per heavy atom. The lowest BCUT2D eigenvalue weighted by molar-refractivity contribution is 0.102. The van der Waals surface area contributed by atoms with Crippen LogP contribution in [0.15, 0.2) is 60.7 Å². The Labute approximate surface area is 123 Å². The first-order chi connectivity index (χ1) is 9.98. The van der Waals surface area contributed by atoms with Crippen molar-refractivity contribution < 1.29 is 18.0 Å². The third kappa shape index (κ3) is 4.36. The van der Waals surface area contributed by atoms with Crippen molar-refractivity contribution in [2.45, 2.75) is 0 Å². The Balaban J connectivity index is 2.06. The molecule has 0 aromatic heterocycles. The van der Waals surface area contributed by atoms with Crippen LogP contribution < -0.4 is 0 Å². The monoisotopic (exact) mass is 302 g/mol. The van der Waals surface area contributed by atoms with Gasteiger partial charge < -0.3 is 0 Å². The second-order valence-electron chi connectivity index (χ2n) is 4.61. The van der Waals surface area contributed by atoms with Gasteiger partial charge in [-0.25, -0.2) is 8.42 Å². The van der Waals surface area contributed by atoms with Gasteiger partial charge in [-0.3, -0.25) is 9.59 Å². The van der Waals surface area contributed by atoms with Crippen LogP contribution in [0.1, 0.15) is 20.7 Å². The zero-order chi connectivity index (χ0) is 15.3. The first-order valence-corrected chi connectivity index (χ1v) is 8.17. The van der Waals surface area contributed by atoms with Crippen LogP contribution in [-0.4, -0.2) is 31.5 Å². The molecule has 0 bridgehead atoms. The predicted molar refractivity (Wildman–Crippen MR) is 80.2 cm³/mol. The van der Waals surface area contributed by atoms with Crippen LogP contribution in [0.4, 0.5) is 0 Å². The lowest BCUT2D eigenvalue weighted by Gasteiger charge is -2.04. The van der Waals surface area contributed by atoms with Crippen molar-refractivity contribution in [3.05, 3.63) is 71.8 Å². The Hall–Kier alpha value is -2.27. The summed E-state index contributed by atoms with van der Waals surface area (Å²) in [5.41, 5.74) is 0.654. The molecule has 0 N–H and O–H groups in total. The van der Waals surface area contributed by atoms with E-state index in [1.165, 1.54) is 0 Å². The van der Waals surface area contributed by atoms with Gasteiger partial charge in [0.25, 0.3) is 0 Å². The quantitative estimate of drug-likeness (QED) is 0.767. The van der Waals surface area contributed by atoms with Crippen LogP contribution in [0.3, 0.4) is 0 Å². The Morgan fingerprint density at radius 3 is 1.33 bits per heavy atom. The molecule has 0 aliphatic rings. The van der Waals surface area contributed by atoms with E-state index in [1.54, 1.807) is 60.7 Å². The molecule has 0 spiro atoms. The molecule has 21 heavy (non-hydrogen) atoms. The van der Waals surface area contributed by atoms with Crippen LogP contribution >= 0.6 is 0 Å². The number of rotatable bonds is 6. The molecule has 0 aliphatic heterocycles. The normalized spacial score (nSPS) is 11.0. The van der Waals surface area contributed by atoms with E-state index in [9.17, 15) is 18.0 Å². The second kappa shape index (κ2) is 6.45. The van der Waals surface area contributed by atoms with Crippen LogP contribution in [0.2, 0.25) is 0 Å². The molecule has 0 amide bonds. The second-order valence-corrected chi connectivity index (χ2v) is 6.68. The van der Waals surface area contributed by atoms with E-state index in [4.69, 9.17) is 0 Å². The van der Waals surface area contributed by atoms with Gasteiger partial charge in [-0.1, -0.05) is 60.7 Å². The Bertz CT molecular complexity index is 675. The highest BCUT2D eigenvalue weighted by Crippen LogP contribution is 2.06. The smallest absolute Gasteiger partial charge is 0.177 e. The molecule has 2 aromatic rings. The molecule has 0 saturated carbocycles. The van der Waals surface area contributed by atoms with E-state index in [0.29, 0.717) is 11.1 Å². The van der Waals surface area contributed by atoms with E-state index < -0.39 is 32.9 Å². The molecule has 5 heteroatoms. The highest BCUT2D eigenvalue weighted by atomic mass is 32.2. The molecular weight excluding hydrogens is 288 g/mol. The standard InChI is InChI=1S/C16H14O4S/c17-15(13-7-3-1-4-8-13)11-21(19,20)12-16(18)14-9-5-2-6-10-14/h1-10H,11-12H2. The van der Waals surface area contributed by atoms with E-state index in [2.05, 4.69) is 0 Å². The van der Waals surface area contributed by atoms with Crippen molar-refractivity contribution in [3.8, 4) is 0 Å². The van der Waals surface area contributed by atoms with E-state index >= 15 is 0 Å². The maximum Gasteiger partial charge on any atom is 0.177 e. The summed E-state index contributed by atoms with van der Waals surface area (Å²) in [6, 6.07) is 16.3. The molecule has 0 fully saturated rings. The minimum absolute atomic E-state index is 0.327. The average molecular weight is 302 g/mol. The fourth-order valence-electron chi connectivity index (χ4n) is 1.87. The molecule has 2 rings (SSSR count). The summed E-state index contributed by atoms with van der Waals surface area (Å²) in [6.45, 7) is 0. The molecule has 0 saturated heterocycles. The number of Topliss-reactive ketones (excluding diaryl/α,β-unsaturated/α-hetero) is 2. The third-order valence-corrected chi connectivity index (χ3v) is 4.30. The zero-order valence-electron chi connectivity index (χ0n) is 11.2. The largest absolute Gasteiger partial charge is 0.293 e. The minimum Gasteiger partial charge on any atom is -0.293 e. The fraction of sp³-hybridized carbons (Fsp3) is 0.125. The SMILES string of the molecule is O=C(CS(=O)(=O)CC(=O)c1ccccc1)c1ccccc1. The van der Waals surface area contributed by atoms with Gasteiger partial charge in [0.2, 0.25) is 0 Å². The first-order valence-electron chi connectivity index (χ1n) is 6.35. The average Bonchev–Trinajstić information content (AvgIpc) is 2.48. The van der Waals surface area contributed by atoms with Crippen molar-refractivity contribution in [2.24, 2.45) is 0 Å². The number of sulfone groups is 1. The molecule has 2 aromatic carbocycles. The van der Waals surface area contributed by atoms with Crippen LogP contribution in [0, 0.1) is 0 Å². The van der Waals surface area contributed by atoms with Gasteiger partial charge >= 0.3 is 0 Å². The number of ketones is 2. The fourth-order valence-corrected chi connectivity index (χ4v) is 3.10. The van der Waals surface area contributed by atoms with Crippen molar-refractivity contribution in [2.75, 3.05) is 11.5 Å².